The molecule has 1 fully saturated rings. The van der Waals surface area contributed by atoms with E-state index in [9.17, 15) is 4.79 Å². The molecule has 0 aliphatic heterocycles. The van der Waals surface area contributed by atoms with Crippen molar-refractivity contribution in [1.82, 2.24) is 9.97 Å². The Balaban J connectivity index is 1.60. The second-order valence-corrected chi connectivity index (χ2v) is 7.67. The maximum absolute atomic E-state index is 11.3. The standard InChI is InChI=1S/C22H16N2OS/c25-14-15-6-4-5-9-17(15)20-23-18-10-11-19(24-21(18)26-20)22(12-13-22)16-7-2-1-3-8-16/h1-11,14H,12-13H2. The van der Waals surface area contributed by atoms with Gasteiger partial charge in [-0.1, -0.05) is 65.9 Å². The van der Waals surface area contributed by atoms with Crippen LogP contribution in [0.1, 0.15) is 34.5 Å². The smallest absolute Gasteiger partial charge is 0.150 e. The highest BCUT2D eigenvalue weighted by Gasteiger charge is 2.47. The van der Waals surface area contributed by atoms with E-state index in [0.717, 1.165) is 45.7 Å². The van der Waals surface area contributed by atoms with E-state index in [4.69, 9.17) is 9.97 Å². The van der Waals surface area contributed by atoms with E-state index in [1.165, 1.54) is 5.56 Å². The fourth-order valence-electron chi connectivity index (χ4n) is 3.57. The van der Waals surface area contributed by atoms with Gasteiger partial charge in [0, 0.05) is 16.5 Å². The molecule has 126 valence electrons. The van der Waals surface area contributed by atoms with Crippen molar-refractivity contribution >= 4 is 28.0 Å². The lowest BCUT2D eigenvalue weighted by Crippen LogP contribution is -2.10. The van der Waals surface area contributed by atoms with Crippen LogP contribution in [0, 0.1) is 0 Å². The summed E-state index contributed by atoms with van der Waals surface area (Å²) in [6, 6.07) is 22.3. The molecule has 0 saturated heterocycles. The number of pyridine rings is 1. The summed E-state index contributed by atoms with van der Waals surface area (Å²) in [6.45, 7) is 0. The maximum atomic E-state index is 11.3. The van der Waals surface area contributed by atoms with Crippen LogP contribution >= 0.6 is 11.3 Å². The van der Waals surface area contributed by atoms with E-state index in [-0.39, 0.29) is 5.41 Å². The maximum Gasteiger partial charge on any atom is 0.150 e. The molecule has 1 saturated carbocycles. The first-order chi connectivity index (χ1) is 12.8. The monoisotopic (exact) mass is 356 g/mol. The van der Waals surface area contributed by atoms with Gasteiger partial charge in [-0.15, -0.1) is 0 Å². The van der Waals surface area contributed by atoms with Gasteiger partial charge >= 0.3 is 0 Å². The van der Waals surface area contributed by atoms with Crippen LogP contribution in [-0.4, -0.2) is 16.3 Å². The van der Waals surface area contributed by atoms with Crippen LogP contribution < -0.4 is 0 Å². The Morgan fingerprint density at radius 1 is 0.885 bits per heavy atom. The number of benzene rings is 2. The van der Waals surface area contributed by atoms with Gasteiger partial charge < -0.3 is 0 Å². The van der Waals surface area contributed by atoms with Gasteiger partial charge in [-0.2, -0.15) is 0 Å². The van der Waals surface area contributed by atoms with E-state index in [0.29, 0.717) is 5.56 Å². The predicted octanol–water partition coefficient (Wildman–Crippen LogP) is 5.25. The Kier molecular flexibility index (Phi) is 3.47. The number of carbonyl (C=O) groups is 1. The molecule has 26 heavy (non-hydrogen) atoms. The molecule has 1 aliphatic carbocycles. The number of hydrogen-bond donors (Lipinski definition) is 0. The normalized spacial score (nSPS) is 15.1. The minimum Gasteiger partial charge on any atom is -0.298 e. The molecule has 0 unspecified atom stereocenters. The fourth-order valence-corrected chi connectivity index (χ4v) is 4.55. The highest BCUT2D eigenvalue weighted by Crippen LogP contribution is 2.53. The number of fused-ring (bicyclic) bond motifs is 1. The van der Waals surface area contributed by atoms with Crippen molar-refractivity contribution in [2.45, 2.75) is 18.3 Å². The lowest BCUT2D eigenvalue weighted by atomic mass is 9.92. The van der Waals surface area contributed by atoms with Crippen LogP contribution in [0.2, 0.25) is 0 Å². The molecule has 0 N–H and O–H groups in total. The average molecular weight is 356 g/mol. The van der Waals surface area contributed by atoms with Gasteiger partial charge in [-0.25, -0.2) is 9.97 Å². The van der Waals surface area contributed by atoms with Gasteiger partial charge in [-0.05, 0) is 30.5 Å². The lowest BCUT2D eigenvalue weighted by molar-refractivity contribution is 0.112. The molecule has 0 spiro atoms. The van der Waals surface area contributed by atoms with Crippen molar-refractivity contribution in [2.75, 3.05) is 0 Å². The van der Waals surface area contributed by atoms with Gasteiger partial charge in [0.2, 0.25) is 0 Å². The topological polar surface area (TPSA) is 42.9 Å². The Morgan fingerprint density at radius 2 is 1.65 bits per heavy atom. The number of nitrogens with zero attached hydrogens (tertiary/aromatic N) is 2. The third-order valence-electron chi connectivity index (χ3n) is 5.14. The molecule has 0 atom stereocenters. The van der Waals surface area contributed by atoms with Crippen LogP contribution in [0.5, 0.6) is 0 Å². The highest BCUT2D eigenvalue weighted by molar-refractivity contribution is 7.21. The summed E-state index contributed by atoms with van der Waals surface area (Å²) >= 11 is 1.55. The number of hydrogen-bond acceptors (Lipinski definition) is 4. The van der Waals surface area contributed by atoms with Crippen molar-refractivity contribution in [3.8, 4) is 10.6 Å². The molecule has 2 aromatic carbocycles. The Labute approximate surface area is 155 Å². The highest BCUT2D eigenvalue weighted by atomic mass is 32.1. The second kappa shape index (κ2) is 5.85. The van der Waals surface area contributed by atoms with Gasteiger partial charge in [0.05, 0.1) is 5.69 Å². The summed E-state index contributed by atoms with van der Waals surface area (Å²) in [6.07, 6.45) is 3.15. The van der Waals surface area contributed by atoms with Crippen molar-refractivity contribution in [2.24, 2.45) is 0 Å². The molecule has 5 rings (SSSR count). The van der Waals surface area contributed by atoms with Crippen molar-refractivity contribution < 1.29 is 4.79 Å². The zero-order valence-electron chi connectivity index (χ0n) is 14.1. The molecule has 3 nitrogen and oxygen atoms in total. The van der Waals surface area contributed by atoms with Crippen LogP contribution in [0.4, 0.5) is 0 Å². The van der Waals surface area contributed by atoms with Gasteiger partial charge in [0.1, 0.15) is 15.4 Å². The van der Waals surface area contributed by atoms with Gasteiger partial charge in [0.25, 0.3) is 0 Å². The molecule has 2 heterocycles. The number of aromatic nitrogens is 2. The molecule has 0 bridgehead atoms. The third kappa shape index (κ3) is 2.37. The number of carbonyl (C=O) groups excluding carboxylic acids is 1. The van der Waals surface area contributed by atoms with E-state index in [2.05, 4.69) is 42.5 Å². The zero-order valence-corrected chi connectivity index (χ0v) is 14.9. The largest absolute Gasteiger partial charge is 0.298 e. The van der Waals surface area contributed by atoms with Crippen molar-refractivity contribution in [3.63, 3.8) is 0 Å². The lowest BCUT2D eigenvalue weighted by Gasteiger charge is -2.14. The average Bonchev–Trinajstić information content (AvgIpc) is 3.41. The molecule has 0 amide bonds. The van der Waals surface area contributed by atoms with E-state index in [1.807, 2.05) is 24.3 Å². The van der Waals surface area contributed by atoms with E-state index >= 15 is 0 Å². The Hall–Kier alpha value is -2.85. The summed E-state index contributed by atoms with van der Waals surface area (Å²) in [7, 11) is 0. The first kappa shape index (κ1) is 15.4. The number of thiazole rings is 1. The van der Waals surface area contributed by atoms with E-state index in [1.54, 1.807) is 11.3 Å². The molecule has 1 aliphatic rings. The minimum atomic E-state index is 0.0559. The SMILES string of the molecule is O=Cc1ccccc1-c1nc2ccc(C3(c4ccccc4)CC3)nc2s1. The molecular formula is C22H16N2OS. The van der Waals surface area contributed by atoms with Crippen LogP contribution in [-0.2, 0) is 5.41 Å². The molecule has 4 heteroatoms. The van der Waals surface area contributed by atoms with Crippen LogP contribution in [0.3, 0.4) is 0 Å². The molecular weight excluding hydrogens is 340 g/mol. The number of rotatable bonds is 4. The Morgan fingerprint density at radius 3 is 2.42 bits per heavy atom. The van der Waals surface area contributed by atoms with Gasteiger partial charge in [-0.3, -0.25) is 4.79 Å². The first-order valence-corrected chi connectivity index (χ1v) is 9.50. The summed E-state index contributed by atoms with van der Waals surface area (Å²) in [5, 5.41) is 0.844. The van der Waals surface area contributed by atoms with Crippen molar-refractivity contribution in [3.05, 3.63) is 83.6 Å². The second-order valence-electron chi connectivity index (χ2n) is 6.69. The number of aldehydes is 1. The molecule has 2 aromatic heterocycles. The predicted molar refractivity (Wildman–Crippen MR) is 105 cm³/mol. The summed E-state index contributed by atoms with van der Waals surface area (Å²) in [5.74, 6) is 0. The Bertz CT molecular complexity index is 1110. The van der Waals surface area contributed by atoms with Gasteiger partial charge in [0.15, 0.2) is 6.29 Å². The summed E-state index contributed by atoms with van der Waals surface area (Å²) in [5.41, 5.74) is 4.93. The van der Waals surface area contributed by atoms with Crippen LogP contribution in [0.25, 0.3) is 20.9 Å². The zero-order chi connectivity index (χ0) is 17.6. The summed E-state index contributed by atoms with van der Waals surface area (Å²) < 4.78 is 0. The minimum absolute atomic E-state index is 0.0559. The third-order valence-corrected chi connectivity index (χ3v) is 6.14. The van der Waals surface area contributed by atoms with Crippen LogP contribution in [0.15, 0.2) is 66.7 Å². The molecule has 4 aromatic rings. The quantitative estimate of drug-likeness (QED) is 0.469. The summed E-state index contributed by atoms with van der Waals surface area (Å²) in [4.78, 5) is 21.9. The fraction of sp³-hybridized carbons (Fsp3) is 0.136. The van der Waals surface area contributed by atoms with E-state index < -0.39 is 0 Å². The molecule has 0 radical (unpaired) electrons. The van der Waals surface area contributed by atoms with Crippen molar-refractivity contribution in [1.29, 1.82) is 0 Å². The first-order valence-electron chi connectivity index (χ1n) is 8.68.